The van der Waals surface area contributed by atoms with Crippen molar-refractivity contribution in [3.63, 3.8) is 0 Å². The number of hydrogen-bond acceptors (Lipinski definition) is 6. The van der Waals surface area contributed by atoms with E-state index in [4.69, 9.17) is 9.15 Å². The molecule has 6 nitrogen and oxygen atoms in total. The smallest absolute Gasteiger partial charge is 0.235 e. The Hall–Kier alpha value is -3.19. The van der Waals surface area contributed by atoms with Crippen molar-refractivity contribution in [1.29, 1.82) is 0 Å². The Labute approximate surface area is 159 Å². The van der Waals surface area contributed by atoms with Gasteiger partial charge in [-0.1, -0.05) is 47.7 Å². The Balaban J connectivity index is 1.54. The number of aromatic nitrogens is 4. The predicted octanol–water partition coefficient (Wildman–Crippen LogP) is 5.05. The molecule has 0 aliphatic carbocycles. The lowest BCUT2D eigenvalue weighted by Gasteiger charge is -2.11. The first-order chi connectivity index (χ1) is 13.2. The van der Waals surface area contributed by atoms with E-state index in [-0.39, 0.29) is 6.10 Å². The van der Waals surface area contributed by atoms with Crippen LogP contribution in [0.5, 0.6) is 5.75 Å². The molecule has 0 aliphatic heterocycles. The van der Waals surface area contributed by atoms with Crippen molar-refractivity contribution >= 4 is 27.3 Å². The molecule has 2 aromatic carbocycles. The average Bonchev–Trinajstić information content (AvgIpc) is 3.36. The van der Waals surface area contributed by atoms with Crippen LogP contribution in [-0.4, -0.2) is 19.8 Å². The maximum atomic E-state index is 6.03. The monoisotopic (exact) mass is 376 g/mol. The number of para-hydroxylation sites is 2. The summed E-state index contributed by atoms with van der Waals surface area (Å²) in [4.78, 5) is 0.711. The Bertz CT molecular complexity index is 1240. The number of rotatable bonds is 4. The second-order valence-electron chi connectivity index (χ2n) is 6.28. The third kappa shape index (κ3) is 2.67. The van der Waals surface area contributed by atoms with E-state index < -0.39 is 0 Å². The fourth-order valence-electron chi connectivity index (χ4n) is 3.08. The van der Waals surface area contributed by atoms with Crippen LogP contribution in [0.3, 0.4) is 0 Å². The maximum Gasteiger partial charge on any atom is 0.235 e. The summed E-state index contributed by atoms with van der Waals surface area (Å²) in [6, 6.07) is 17.7. The molecule has 5 rings (SSSR count). The molecule has 0 unspecified atom stereocenters. The van der Waals surface area contributed by atoms with Gasteiger partial charge in [0.25, 0.3) is 0 Å². The van der Waals surface area contributed by atoms with Crippen molar-refractivity contribution in [2.75, 3.05) is 0 Å². The van der Waals surface area contributed by atoms with Gasteiger partial charge in [0.1, 0.15) is 17.4 Å². The minimum absolute atomic E-state index is 0.191. The van der Waals surface area contributed by atoms with Crippen LogP contribution in [0, 0.1) is 6.92 Å². The van der Waals surface area contributed by atoms with E-state index in [0.29, 0.717) is 16.5 Å². The van der Waals surface area contributed by atoms with Gasteiger partial charge in [0, 0.05) is 10.9 Å². The summed E-state index contributed by atoms with van der Waals surface area (Å²) in [6.45, 7) is 4.00. The Kier molecular flexibility index (Phi) is 3.68. The highest BCUT2D eigenvalue weighted by Crippen LogP contribution is 2.33. The molecule has 0 bridgehead atoms. The number of ether oxygens (including phenoxy) is 1. The predicted molar refractivity (Wildman–Crippen MR) is 104 cm³/mol. The summed E-state index contributed by atoms with van der Waals surface area (Å²) in [6.07, 6.45) is -0.191. The van der Waals surface area contributed by atoms with Crippen molar-refractivity contribution in [2.45, 2.75) is 20.0 Å². The minimum Gasteiger partial charge on any atom is -0.483 e. The van der Waals surface area contributed by atoms with Gasteiger partial charge in [-0.2, -0.15) is 9.61 Å². The normalized spacial score (nSPS) is 12.7. The molecule has 7 heteroatoms. The third-order valence-corrected chi connectivity index (χ3v) is 5.52. The lowest BCUT2D eigenvalue weighted by atomic mass is 10.1. The van der Waals surface area contributed by atoms with Gasteiger partial charge >= 0.3 is 0 Å². The average molecular weight is 376 g/mol. The van der Waals surface area contributed by atoms with Gasteiger partial charge in [-0.3, -0.25) is 0 Å². The molecule has 3 aromatic heterocycles. The molecule has 0 aliphatic rings. The molecule has 0 radical (unpaired) electrons. The number of nitrogens with zero attached hydrogens (tertiary/aromatic N) is 4. The van der Waals surface area contributed by atoms with Crippen molar-refractivity contribution in [3.8, 4) is 17.3 Å². The second kappa shape index (κ2) is 6.21. The van der Waals surface area contributed by atoms with Gasteiger partial charge in [0.05, 0.1) is 0 Å². The zero-order chi connectivity index (χ0) is 18.4. The van der Waals surface area contributed by atoms with E-state index in [9.17, 15) is 0 Å². The van der Waals surface area contributed by atoms with E-state index in [1.165, 1.54) is 11.3 Å². The van der Waals surface area contributed by atoms with E-state index in [1.54, 1.807) is 4.52 Å². The van der Waals surface area contributed by atoms with Crippen LogP contribution >= 0.6 is 11.3 Å². The molecule has 0 N–H and O–H groups in total. The van der Waals surface area contributed by atoms with Gasteiger partial charge in [-0.15, -0.1) is 10.2 Å². The molecule has 0 amide bonds. The van der Waals surface area contributed by atoms with E-state index >= 15 is 0 Å². The first-order valence-electron chi connectivity index (χ1n) is 8.63. The number of hydrogen-bond donors (Lipinski definition) is 0. The van der Waals surface area contributed by atoms with Gasteiger partial charge in [0.15, 0.2) is 10.8 Å². The fraction of sp³-hybridized carbons (Fsp3) is 0.150. The molecule has 5 aromatic rings. The first-order valence-corrected chi connectivity index (χ1v) is 9.44. The zero-order valence-electron chi connectivity index (χ0n) is 14.8. The van der Waals surface area contributed by atoms with Crippen molar-refractivity contribution in [2.24, 2.45) is 0 Å². The molecule has 134 valence electrons. The zero-order valence-corrected chi connectivity index (χ0v) is 15.6. The second-order valence-corrected chi connectivity index (χ2v) is 7.27. The fourth-order valence-corrected chi connectivity index (χ4v) is 3.90. The summed E-state index contributed by atoms with van der Waals surface area (Å²) >= 11 is 1.46. The van der Waals surface area contributed by atoms with Crippen LogP contribution < -0.4 is 4.74 Å². The van der Waals surface area contributed by atoms with Gasteiger partial charge in [-0.05, 0) is 32.0 Å². The molecule has 0 spiro atoms. The SMILES string of the molecule is Cc1c(-c2nnc3sc([C@@H](C)Oc4ccccc4)nn23)oc2ccccc12. The summed E-state index contributed by atoms with van der Waals surface area (Å²) in [5.74, 6) is 2.11. The quantitative estimate of drug-likeness (QED) is 0.439. The van der Waals surface area contributed by atoms with Crippen LogP contribution in [0.25, 0.3) is 27.5 Å². The van der Waals surface area contributed by atoms with Crippen LogP contribution in [0.2, 0.25) is 0 Å². The number of furan rings is 1. The topological polar surface area (TPSA) is 65.5 Å². The summed E-state index contributed by atoms with van der Waals surface area (Å²) in [5, 5.41) is 15.1. The maximum absolute atomic E-state index is 6.03. The highest BCUT2D eigenvalue weighted by molar-refractivity contribution is 7.16. The van der Waals surface area contributed by atoms with E-state index in [2.05, 4.69) is 15.3 Å². The van der Waals surface area contributed by atoms with E-state index in [0.717, 1.165) is 27.3 Å². The molecule has 1 atom stereocenters. The van der Waals surface area contributed by atoms with Crippen molar-refractivity contribution in [1.82, 2.24) is 19.8 Å². The van der Waals surface area contributed by atoms with E-state index in [1.807, 2.05) is 68.4 Å². The Morgan fingerprint density at radius 2 is 1.81 bits per heavy atom. The highest BCUT2D eigenvalue weighted by atomic mass is 32.1. The third-order valence-electron chi connectivity index (χ3n) is 4.46. The molecule has 27 heavy (non-hydrogen) atoms. The van der Waals surface area contributed by atoms with Gasteiger partial charge in [-0.25, -0.2) is 0 Å². The van der Waals surface area contributed by atoms with Gasteiger partial charge < -0.3 is 9.15 Å². The lowest BCUT2D eigenvalue weighted by molar-refractivity contribution is 0.225. The Morgan fingerprint density at radius 1 is 1.04 bits per heavy atom. The largest absolute Gasteiger partial charge is 0.483 e. The van der Waals surface area contributed by atoms with Gasteiger partial charge in [0.2, 0.25) is 10.8 Å². The Morgan fingerprint density at radius 3 is 2.63 bits per heavy atom. The van der Waals surface area contributed by atoms with Crippen LogP contribution in [0.15, 0.2) is 59.0 Å². The van der Waals surface area contributed by atoms with Crippen molar-refractivity contribution in [3.05, 3.63) is 65.2 Å². The van der Waals surface area contributed by atoms with Crippen LogP contribution in [0.1, 0.15) is 23.6 Å². The van der Waals surface area contributed by atoms with Crippen LogP contribution in [0.4, 0.5) is 0 Å². The standard InChI is InChI=1S/C20H16N4O2S/c1-12-15-10-6-7-11-16(15)26-17(12)18-21-22-20-24(18)23-19(27-20)13(2)25-14-8-4-3-5-9-14/h3-11,13H,1-2H3/t13-/m1/s1. The molecule has 0 fully saturated rings. The molecule has 0 saturated carbocycles. The lowest BCUT2D eigenvalue weighted by Crippen LogP contribution is -2.03. The summed E-state index contributed by atoms with van der Waals surface area (Å²) < 4.78 is 13.7. The summed E-state index contributed by atoms with van der Waals surface area (Å²) in [5.41, 5.74) is 1.86. The van der Waals surface area contributed by atoms with Crippen LogP contribution in [-0.2, 0) is 0 Å². The highest BCUT2D eigenvalue weighted by Gasteiger charge is 2.22. The molecular formula is C20H16N4O2S. The number of fused-ring (bicyclic) bond motifs is 2. The summed E-state index contributed by atoms with van der Waals surface area (Å²) in [7, 11) is 0. The van der Waals surface area contributed by atoms with Crippen molar-refractivity contribution < 1.29 is 9.15 Å². The number of aryl methyl sites for hydroxylation is 1. The molecule has 3 heterocycles. The minimum atomic E-state index is -0.191. The molecule has 0 saturated heterocycles. The molecular weight excluding hydrogens is 360 g/mol. The number of benzene rings is 2. The first kappa shape index (κ1) is 16.0.